The minimum absolute atomic E-state index is 0.0499. The van der Waals surface area contributed by atoms with Gasteiger partial charge in [-0.1, -0.05) is 24.6 Å². The summed E-state index contributed by atoms with van der Waals surface area (Å²) in [5, 5.41) is 13.1. The maximum absolute atomic E-state index is 12.1. The predicted octanol–water partition coefficient (Wildman–Crippen LogP) is 1.54. The minimum atomic E-state index is 0.0499. The van der Waals surface area contributed by atoms with Crippen LogP contribution in [0.4, 0.5) is 0 Å². The summed E-state index contributed by atoms with van der Waals surface area (Å²) in [7, 11) is 1.83. The maximum atomic E-state index is 12.1. The minimum Gasteiger partial charge on any atom is -0.508 e. The molecule has 1 aromatic carbocycles. The van der Waals surface area contributed by atoms with Gasteiger partial charge in [-0.15, -0.1) is 0 Å². The summed E-state index contributed by atoms with van der Waals surface area (Å²) in [5.41, 5.74) is 0.691. The molecule has 0 aliphatic carbocycles. The number of rotatable bonds is 4. The third-order valence-electron chi connectivity index (χ3n) is 3.67. The Hall–Kier alpha value is -1.55. The second-order valence-electron chi connectivity index (χ2n) is 5.23. The van der Waals surface area contributed by atoms with Gasteiger partial charge in [0.1, 0.15) is 5.75 Å². The van der Waals surface area contributed by atoms with Crippen molar-refractivity contribution >= 4 is 5.91 Å². The van der Waals surface area contributed by atoms with Crippen LogP contribution in [0.15, 0.2) is 24.3 Å². The lowest BCUT2D eigenvalue weighted by atomic mass is 10.0. The number of hydrogen-bond donors (Lipinski definition) is 2. The van der Waals surface area contributed by atoms with Gasteiger partial charge in [0.15, 0.2) is 0 Å². The van der Waals surface area contributed by atoms with Crippen LogP contribution < -0.4 is 5.32 Å². The first-order valence-corrected chi connectivity index (χ1v) is 6.91. The average molecular weight is 262 g/mol. The molecule has 0 bridgehead atoms. The van der Waals surface area contributed by atoms with Crippen molar-refractivity contribution in [1.29, 1.82) is 0 Å². The highest BCUT2D eigenvalue weighted by Crippen LogP contribution is 2.17. The van der Waals surface area contributed by atoms with Crippen LogP contribution >= 0.6 is 0 Å². The molecule has 1 aliphatic heterocycles. The lowest BCUT2D eigenvalue weighted by Crippen LogP contribution is -2.44. The molecule has 2 rings (SSSR count). The number of phenols is 1. The number of aromatic hydroxyl groups is 1. The van der Waals surface area contributed by atoms with Gasteiger partial charge >= 0.3 is 0 Å². The lowest BCUT2D eigenvalue weighted by Gasteiger charge is -2.28. The summed E-state index contributed by atoms with van der Waals surface area (Å²) in [6.45, 7) is 1.79. The molecule has 1 fully saturated rings. The number of carbonyl (C=O) groups is 1. The van der Waals surface area contributed by atoms with Crippen LogP contribution in [0.1, 0.15) is 24.8 Å². The molecule has 1 atom stereocenters. The lowest BCUT2D eigenvalue weighted by molar-refractivity contribution is -0.129. The number of carbonyl (C=O) groups excluding carboxylic acids is 1. The smallest absolute Gasteiger partial charge is 0.226 e. The van der Waals surface area contributed by atoms with Crippen molar-refractivity contribution in [3.05, 3.63) is 29.8 Å². The van der Waals surface area contributed by atoms with Crippen LogP contribution in [0, 0.1) is 0 Å². The van der Waals surface area contributed by atoms with Crippen molar-refractivity contribution in [3.8, 4) is 5.75 Å². The van der Waals surface area contributed by atoms with Gasteiger partial charge < -0.3 is 15.3 Å². The van der Waals surface area contributed by atoms with E-state index in [1.54, 1.807) is 23.1 Å². The Morgan fingerprint density at radius 2 is 2.21 bits per heavy atom. The van der Waals surface area contributed by atoms with Crippen LogP contribution in [0.25, 0.3) is 0 Å². The quantitative estimate of drug-likeness (QED) is 0.865. The van der Waals surface area contributed by atoms with E-state index in [9.17, 15) is 9.90 Å². The Bertz CT molecular complexity index is 428. The molecule has 0 aromatic heterocycles. The fraction of sp³-hybridized carbons (Fsp3) is 0.533. The number of likely N-dealkylation sites (N-methyl/N-ethyl adjacent to an activating group) is 1. The molecule has 2 N–H and O–H groups in total. The summed E-state index contributed by atoms with van der Waals surface area (Å²) < 4.78 is 0. The number of phenolic OH excluding ortho intramolecular Hbond substituents is 1. The van der Waals surface area contributed by atoms with Gasteiger partial charge in [-0.05, 0) is 25.5 Å². The molecule has 1 aliphatic rings. The molecule has 1 saturated heterocycles. The Balaban J connectivity index is 1.87. The van der Waals surface area contributed by atoms with E-state index in [2.05, 4.69) is 5.32 Å². The van der Waals surface area contributed by atoms with E-state index in [1.807, 2.05) is 13.1 Å². The number of hydrogen-bond acceptors (Lipinski definition) is 3. The monoisotopic (exact) mass is 262 g/mol. The fourth-order valence-corrected chi connectivity index (χ4v) is 2.47. The van der Waals surface area contributed by atoms with Crippen molar-refractivity contribution < 1.29 is 9.90 Å². The highest BCUT2D eigenvalue weighted by Gasteiger charge is 2.18. The van der Waals surface area contributed by atoms with Gasteiger partial charge in [0, 0.05) is 25.2 Å². The topological polar surface area (TPSA) is 52.6 Å². The van der Waals surface area contributed by atoms with E-state index >= 15 is 0 Å². The first kappa shape index (κ1) is 13.9. The van der Waals surface area contributed by atoms with Crippen LogP contribution in [-0.4, -0.2) is 42.1 Å². The number of benzene rings is 1. The van der Waals surface area contributed by atoms with Gasteiger partial charge in [-0.25, -0.2) is 0 Å². The zero-order chi connectivity index (χ0) is 13.7. The standard InChI is InChI=1S/C15H22N2O2/c1-17(11-13-7-4-5-9-16-13)15(19)10-12-6-2-3-8-14(12)18/h2-3,6,8,13,16,18H,4-5,7,9-11H2,1H3. The first-order valence-electron chi connectivity index (χ1n) is 6.91. The third-order valence-corrected chi connectivity index (χ3v) is 3.67. The van der Waals surface area contributed by atoms with Crippen LogP contribution in [-0.2, 0) is 11.2 Å². The van der Waals surface area contributed by atoms with Crippen molar-refractivity contribution in [2.24, 2.45) is 0 Å². The van der Waals surface area contributed by atoms with Gasteiger partial charge in [0.05, 0.1) is 6.42 Å². The molecule has 0 spiro atoms. The highest BCUT2D eigenvalue weighted by molar-refractivity contribution is 5.79. The second-order valence-corrected chi connectivity index (χ2v) is 5.23. The summed E-state index contributed by atoms with van der Waals surface area (Å²) in [5.74, 6) is 0.244. The van der Waals surface area contributed by atoms with Crippen molar-refractivity contribution in [3.63, 3.8) is 0 Å². The van der Waals surface area contributed by atoms with E-state index in [1.165, 1.54) is 12.8 Å². The molecule has 1 amide bonds. The Morgan fingerprint density at radius 1 is 1.42 bits per heavy atom. The van der Waals surface area contributed by atoms with Crippen LogP contribution in [0.5, 0.6) is 5.75 Å². The number of para-hydroxylation sites is 1. The number of amides is 1. The molecule has 19 heavy (non-hydrogen) atoms. The summed E-state index contributed by atoms with van der Waals surface area (Å²) >= 11 is 0. The highest BCUT2D eigenvalue weighted by atomic mass is 16.3. The normalized spacial score (nSPS) is 19.1. The predicted molar refractivity (Wildman–Crippen MR) is 75.1 cm³/mol. The molecule has 0 saturated carbocycles. The molecule has 1 aromatic rings. The second kappa shape index (κ2) is 6.57. The summed E-state index contributed by atoms with van der Waals surface area (Å²) in [6.07, 6.45) is 3.86. The fourth-order valence-electron chi connectivity index (χ4n) is 2.47. The molecular weight excluding hydrogens is 240 g/mol. The number of nitrogens with zero attached hydrogens (tertiary/aromatic N) is 1. The Kier molecular flexibility index (Phi) is 4.80. The first-order chi connectivity index (χ1) is 9.16. The molecule has 4 nitrogen and oxygen atoms in total. The Labute approximate surface area is 114 Å². The van der Waals surface area contributed by atoms with Crippen molar-refractivity contribution in [1.82, 2.24) is 10.2 Å². The van der Waals surface area contributed by atoms with Crippen molar-refractivity contribution in [2.45, 2.75) is 31.7 Å². The maximum Gasteiger partial charge on any atom is 0.226 e. The van der Waals surface area contributed by atoms with Crippen molar-refractivity contribution in [2.75, 3.05) is 20.1 Å². The molecule has 1 heterocycles. The SMILES string of the molecule is CN(CC1CCCCN1)C(=O)Cc1ccccc1O. The van der Waals surface area contributed by atoms with E-state index in [-0.39, 0.29) is 18.1 Å². The average Bonchev–Trinajstić information content (AvgIpc) is 2.42. The van der Waals surface area contributed by atoms with E-state index < -0.39 is 0 Å². The third kappa shape index (κ3) is 3.96. The largest absolute Gasteiger partial charge is 0.508 e. The molecule has 1 unspecified atom stereocenters. The number of nitrogens with one attached hydrogen (secondary N) is 1. The van der Waals surface area contributed by atoms with E-state index in [0.29, 0.717) is 11.6 Å². The van der Waals surface area contributed by atoms with E-state index in [0.717, 1.165) is 19.5 Å². The van der Waals surface area contributed by atoms with E-state index in [4.69, 9.17) is 0 Å². The molecule has 4 heteroatoms. The Morgan fingerprint density at radius 3 is 2.89 bits per heavy atom. The molecular formula is C15H22N2O2. The van der Waals surface area contributed by atoms with Gasteiger partial charge in [0.25, 0.3) is 0 Å². The summed E-state index contributed by atoms with van der Waals surface area (Å²) in [6, 6.07) is 7.42. The van der Waals surface area contributed by atoms with Gasteiger partial charge in [-0.2, -0.15) is 0 Å². The molecule has 0 radical (unpaired) electrons. The van der Waals surface area contributed by atoms with Crippen LogP contribution in [0.2, 0.25) is 0 Å². The van der Waals surface area contributed by atoms with Gasteiger partial charge in [-0.3, -0.25) is 4.79 Å². The zero-order valence-corrected chi connectivity index (χ0v) is 11.4. The van der Waals surface area contributed by atoms with Gasteiger partial charge in [0.2, 0.25) is 5.91 Å². The number of piperidine rings is 1. The van der Waals surface area contributed by atoms with Crippen LogP contribution in [0.3, 0.4) is 0 Å². The summed E-state index contributed by atoms with van der Waals surface area (Å²) in [4.78, 5) is 13.9. The molecule has 104 valence electrons. The zero-order valence-electron chi connectivity index (χ0n) is 11.4.